The van der Waals surface area contributed by atoms with Crippen molar-refractivity contribution in [1.82, 2.24) is 14.9 Å². The Balaban J connectivity index is 1.58. The maximum atomic E-state index is 13.3. The molecular formula is C23H22FN3O. The van der Waals surface area contributed by atoms with Gasteiger partial charge >= 0.3 is 0 Å². The predicted octanol–water partition coefficient (Wildman–Crippen LogP) is 4.61. The van der Waals surface area contributed by atoms with Crippen molar-refractivity contribution in [3.8, 4) is 11.1 Å². The van der Waals surface area contributed by atoms with Gasteiger partial charge in [-0.3, -0.25) is 14.8 Å². The number of hydrogen-bond donors (Lipinski definition) is 0. The Labute approximate surface area is 164 Å². The first kappa shape index (κ1) is 18.3. The third kappa shape index (κ3) is 3.93. The van der Waals surface area contributed by atoms with E-state index >= 15 is 0 Å². The quantitative estimate of drug-likeness (QED) is 0.671. The van der Waals surface area contributed by atoms with E-state index < -0.39 is 0 Å². The number of hydrogen-bond acceptors (Lipinski definition) is 3. The van der Waals surface area contributed by atoms with Crippen LogP contribution in [0.4, 0.5) is 4.39 Å². The van der Waals surface area contributed by atoms with Crippen molar-refractivity contribution in [2.24, 2.45) is 0 Å². The molecule has 1 amide bonds. The van der Waals surface area contributed by atoms with Crippen molar-refractivity contribution in [2.45, 2.75) is 25.7 Å². The Bertz CT molecular complexity index is 973. The van der Waals surface area contributed by atoms with Gasteiger partial charge in [-0.2, -0.15) is 0 Å². The molecule has 1 aliphatic heterocycles. The average Bonchev–Trinajstić information content (AvgIpc) is 2.74. The molecule has 4 nitrogen and oxygen atoms in total. The molecule has 1 saturated heterocycles. The topological polar surface area (TPSA) is 46.1 Å². The van der Waals surface area contributed by atoms with Crippen LogP contribution in [-0.2, 0) is 0 Å². The lowest BCUT2D eigenvalue weighted by atomic mass is 9.92. The summed E-state index contributed by atoms with van der Waals surface area (Å²) in [4.78, 5) is 23.6. The van der Waals surface area contributed by atoms with Crippen molar-refractivity contribution in [3.05, 3.63) is 83.7 Å². The number of likely N-dealkylation sites (tertiary alicyclic amines) is 1. The van der Waals surface area contributed by atoms with E-state index in [0.29, 0.717) is 12.2 Å². The fourth-order valence-corrected chi connectivity index (χ4v) is 3.77. The second-order valence-corrected chi connectivity index (χ2v) is 7.23. The van der Waals surface area contributed by atoms with Crippen molar-refractivity contribution < 1.29 is 9.18 Å². The van der Waals surface area contributed by atoms with E-state index in [1.54, 1.807) is 24.4 Å². The third-order valence-electron chi connectivity index (χ3n) is 5.16. The van der Waals surface area contributed by atoms with Crippen LogP contribution in [0, 0.1) is 12.7 Å². The molecule has 1 fully saturated rings. The van der Waals surface area contributed by atoms with Crippen molar-refractivity contribution >= 4 is 5.91 Å². The first-order valence-corrected chi connectivity index (χ1v) is 9.55. The van der Waals surface area contributed by atoms with Crippen LogP contribution in [-0.4, -0.2) is 33.9 Å². The number of pyridine rings is 2. The summed E-state index contributed by atoms with van der Waals surface area (Å²) >= 11 is 0. The molecule has 0 N–H and O–H groups in total. The minimum Gasteiger partial charge on any atom is -0.337 e. The molecule has 1 atom stereocenters. The summed E-state index contributed by atoms with van der Waals surface area (Å²) in [5, 5.41) is 0. The molecule has 0 unspecified atom stereocenters. The van der Waals surface area contributed by atoms with Gasteiger partial charge in [-0.25, -0.2) is 4.39 Å². The summed E-state index contributed by atoms with van der Waals surface area (Å²) in [6.45, 7) is 3.34. The fourth-order valence-electron chi connectivity index (χ4n) is 3.77. The van der Waals surface area contributed by atoms with Crippen LogP contribution in [0.5, 0.6) is 0 Å². The maximum Gasteiger partial charge on any atom is 0.272 e. The summed E-state index contributed by atoms with van der Waals surface area (Å²) in [6, 6.07) is 16.0. The van der Waals surface area contributed by atoms with E-state index in [-0.39, 0.29) is 17.6 Å². The van der Waals surface area contributed by atoms with Crippen LogP contribution in [0.3, 0.4) is 0 Å². The lowest BCUT2D eigenvalue weighted by Crippen LogP contribution is -2.39. The molecule has 3 aromatic rings. The molecule has 142 valence electrons. The SMILES string of the molecule is Cc1cc(-c2ccc(F)cc2)cc([C@H]2CCCN(C(=O)c3ccccn3)C2)n1. The molecule has 0 aliphatic carbocycles. The van der Waals surface area contributed by atoms with E-state index in [9.17, 15) is 9.18 Å². The highest BCUT2D eigenvalue weighted by Gasteiger charge is 2.27. The summed E-state index contributed by atoms with van der Waals surface area (Å²) in [6.07, 6.45) is 3.57. The molecule has 1 aliphatic rings. The maximum absolute atomic E-state index is 13.3. The van der Waals surface area contributed by atoms with Crippen LogP contribution in [0.2, 0.25) is 0 Å². The van der Waals surface area contributed by atoms with Gasteiger partial charge < -0.3 is 4.90 Å². The number of benzene rings is 1. The summed E-state index contributed by atoms with van der Waals surface area (Å²) in [5.41, 5.74) is 4.37. The first-order valence-electron chi connectivity index (χ1n) is 9.55. The molecule has 5 heteroatoms. The second kappa shape index (κ2) is 7.89. The van der Waals surface area contributed by atoms with Crippen molar-refractivity contribution in [2.75, 3.05) is 13.1 Å². The zero-order chi connectivity index (χ0) is 19.5. The van der Waals surface area contributed by atoms with E-state index in [2.05, 4.69) is 11.1 Å². The fraction of sp³-hybridized carbons (Fsp3) is 0.261. The van der Waals surface area contributed by atoms with E-state index in [1.807, 2.05) is 30.0 Å². The van der Waals surface area contributed by atoms with Gasteiger partial charge in [-0.15, -0.1) is 0 Å². The van der Waals surface area contributed by atoms with Gasteiger partial charge in [0.1, 0.15) is 11.5 Å². The highest BCUT2D eigenvalue weighted by Crippen LogP contribution is 2.30. The van der Waals surface area contributed by atoms with Gasteiger partial charge in [0, 0.05) is 36.6 Å². The molecule has 1 aromatic carbocycles. The van der Waals surface area contributed by atoms with Crippen LogP contribution in [0.15, 0.2) is 60.8 Å². The van der Waals surface area contributed by atoms with Crippen LogP contribution in [0.1, 0.15) is 40.6 Å². The van der Waals surface area contributed by atoms with Gasteiger partial charge in [0.2, 0.25) is 0 Å². The Morgan fingerprint density at radius 2 is 1.93 bits per heavy atom. The number of carbonyl (C=O) groups excluding carboxylic acids is 1. The Morgan fingerprint density at radius 1 is 1.11 bits per heavy atom. The molecule has 0 spiro atoms. The molecule has 0 radical (unpaired) electrons. The largest absolute Gasteiger partial charge is 0.337 e. The minimum atomic E-state index is -0.245. The molecule has 2 aromatic heterocycles. The Kier molecular flexibility index (Phi) is 5.15. The van der Waals surface area contributed by atoms with Crippen LogP contribution in [0.25, 0.3) is 11.1 Å². The molecule has 0 bridgehead atoms. The van der Waals surface area contributed by atoms with E-state index in [4.69, 9.17) is 4.98 Å². The molecule has 4 rings (SSSR count). The monoisotopic (exact) mass is 375 g/mol. The van der Waals surface area contributed by atoms with E-state index in [0.717, 1.165) is 41.9 Å². The van der Waals surface area contributed by atoms with Gasteiger partial charge in [-0.05, 0) is 67.3 Å². The average molecular weight is 375 g/mol. The number of aromatic nitrogens is 2. The Hall–Kier alpha value is -3.08. The van der Waals surface area contributed by atoms with Crippen molar-refractivity contribution in [1.29, 1.82) is 0 Å². The number of carbonyl (C=O) groups is 1. The zero-order valence-electron chi connectivity index (χ0n) is 15.8. The van der Waals surface area contributed by atoms with Gasteiger partial charge in [0.25, 0.3) is 5.91 Å². The second-order valence-electron chi connectivity index (χ2n) is 7.23. The van der Waals surface area contributed by atoms with Gasteiger partial charge in [-0.1, -0.05) is 18.2 Å². The smallest absolute Gasteiger partial charge is 0.272 e. The normalized spacial score (nSPS) is 16.8. The number of rotatable bonds is 3. The number of nitrogens with zero attached hydrogens (tertiary/aromatic N) is 3. The number of amides is 1. The number of aryl methyl sites for hydroxylation is 1. The number of piperidine rings is 1. The van der Waals surface area contributed by atoms with Crippen molar-refractivity contribution in [3.63, 3.8) is 0 Å². The highest BCUT2D eigenvalue weighted by atomic mass is 19.1. The summed E-state index contributed by atoms with van der Waals surface area (Å²) in [5.74, 6) is -0.0945. The Morgan fingerprint density at radius 3 is 2.68 bits per heavy atom. The third-order valence-corrected chi connectivity index (χ3v) is 5.16. The minimum absolute atomic E-state index is 0.0308. The van der Waals surface area contributed by atoms with Crippen LogP contribution >= 0.6 is 0 Å². The first-order chi connectivity index (χ1) is 13.6. The van der Waals surface area contributed by atoms with Gasteiger partial charge in [0.15, 0.2) is 0 Å². The zero-order valence-corrected chi connectivity index (χ0v) is 15.8. The number of halogens is 1. The molecule has 3 heterocycles. The molecular weight excluding hydrogens is 353 g/mol. The highest BCUT2D eigenvalue weighted by molar-refractivity contribution is 5.92. The lowest BCUT2D eigenvalue weighted by molar-refractivity contribution is 0.0700. The lowest BCUT2D eigenvalue weighted by Gasteiger charge is -2.32. The predicted molar refractivity (Wildman–Crippen MR) is 106 cm³/mol. The standard InChI is InChI=1S/C23H22FN3O/c1-16-13-19(17-7-9-20(24)10-8-17)14-22(26-16)18-5-4-12-27(15-18)23(28)21-6-2-3-11-25-21/h2-3,6-11,13-14,18H,4-5,12,15H2,1H3/t18-/m0/s1. The van der Waals surface area contributed by atoms with Gasteiger partial charge in [0.05, 0.1) is 0 Å². The van der Waals surface area contributed by atoms with E-state index in [1.165, 1.54) is 12.1 Å². The van der Waals surface area contributed by atoms with Crippen LogP contribution < -0.4 is 0 Å². The molecule has 0 saturated carbocycles. The summed E-state index contributed by atoms with van der Waals surface area (Å²) in [7, 11) is 0. The summed E-state index contributed by atoms with van der Waals surface area (Å²) < 4.78 is 13.3. The molecule has 28 heavy (non-hydrogen) atoms.